The number of halogens is 1. The number of rotatable bonds is 7. The Hall–Kier alpha value is -3.70. The van der Waals surface area contributed by atoms with Crippen molar-refractivity contribution in [3.8, 4) is 11.5 Å². The van der Waals surface area contributed by atoms with Crippen molar-refractivity contribution in [3.05, 3.63) is 64.9 Å². The zero-order valence-corrected chi connectivity index (χ0v) is 19.6. The van der Waals surface area contributed by atoms with Gasteiger partial charge < -0.3 is 25.0 Å². The summed E-state index contributed by atoms with van der Waals surface area (Å²) < 4.78 is 24.5. The molecule has 35 heavy (non-hydrogen) atoms. The molecule has 0 saturated carbocycles. The van der Waals surface area contributed by atoms with Crippen molar-refractivity contribution < 1.29 is 23.5 Å². The molecule has 9 nitrogen and oxygen atoms in total. The normalized spacial score (nSPS) is 15.2. The number of para-hydroxylation sites is 1. The molecule has 2 aromatic carbocycles. The van der Waals surface area contributed by atoms with Gasteiger partial charge in [0.05, 0.1) is 12.2 Å². The molecule has 11 heteroatoms. The predicted octanol–water partition coefficient (Wildman–Crippen LogP) is 2.83. The fraction of sp³-hybridized carbons (Fsp3) is 0.292. The van der Waals surface area contributed by atoms with Crippen molar-refractivity contribution in [2.24, 2.45) is 0 Å². The zero-order valence-electron chi connectivity index (χ0n) is 18.8. The first kappa shape index (κ1) is 23.1. The van der Waals surface area contributed by atoms with Crippen LogP contribution in [0.1, 0.15) is 16.1 Å². The topological polar surface area (TPSA) is 96.0 Å². The van der Waals surface area contributed by atoms with Crippen molar-refractivity contribution in [2.45, 2.75) is 6.54 Å². The van der Waals surface area contributed by atoms with Crippen LogP contribution in [0.25, 0.3) is 0 Å². The van der Waals surface area contributed by atoms with E-state index >= 15 is 0 Å². The van der Waals surface area contributed by atoms with Crippen LogP contribution in [0.5, 0.6) is 11.5 Å². The van der Waals surface area contributed by atoms with Crippen LogP contribution in [0.3, 0.4) is 0 Å². The average Bonchev–Trinajstić information content (AvgIpc) is 3.53. The third-order valence-corrected chi connectivity index (χ3v) is 6.55. The first-order valence-corrected chi connectivity index (χ1v) is 12.1. The number of fused-ring (bicyclic) bond motifs is 1. The van der Waals surface area contributed by atoms with Gasteiger partial charge in [-0.1, -0.05) is 18.2 Å². The molecule has 0 bridgehead atoms. The van der Waals surface area contributed by atoms with E-state index in [2.05, 4.69) is 15.6 Å². The molecular weight excluding hydrogens is 473 g/mol. The number of aromatic nitrogens is 1. The Balaban J connectivity index is 1.07. The Morgan fingerprint density at radius 1 is 1.06 bits per heavy atom. The lowest BCUT2D eigenvalue weighted by Gasteiger charge is -2.33. The Bertz CT molecular complexity index is 1230. The standard InChI is InChI=1S/C24H24FN5O4S/c25-17-3-1-2-4-18(17)27-24-28-19(14-35-24)23(32)30-9-7-29(8-10-30)13-22(31)26-12-16-5-6-20-21(11-16)34-15-33-20/h1-6,11,14H,7-10,12-13,15H2,(H,26,31)(H,27,28). The highest BCUT2D eigenvalue weighted by Crippen LogP contribution is 2.32. The number of nitrogens with one attached hydrogen (secondary N) is 2. The van der Waals surface area contributed by atoms with Gasteiger partial charge in [0.2, 0.25) is 12.7 Å². The number of benzene rings is 2. The quantitative estimate of drug-likeness (QED) is 0.518. The van der Waals surface area contributed by atoms with Gasteiger partial charge in [-0.15, -0.1) is 11.3 Å². The van der Waals surface area contributed by atoms with Crippen molar-refractivity contribution >= 4 is 34.0 Å². The van der Waals surface area contributed by atoms with Gasteiger partial charge in [-0.3, -0.25) is 14.5 Å². The molecule has 0 aliphatic carbocycles. The van der Waals surface area contributed by atoms with E-state index in [0.29, 0.717) is 60.7 Å². The summed E-state index contributed by atoms with van der Waals surface area (Å²) in [7, 11) is 0. The molecular formula is C24H24FN5O4S. The van der Waals surface area contributed by atoms with Gasteiger partial charge in [0, 0.05) is 38.1 Å². The van der Waals surface area contributed by atoms with Crippen molar-refractivity contribution in [1.82, 2.24) is 20.1 Å². The molecule has 0 atom stereocenters. The van der Waals surface area contributed by atoms with Gasteiger partial charge in [0.25, 0.3) is 5.91 Å². The maximum atomic E-state index is 13.8. The van der Waals surface area contributed by atoms with E-state index in [0.717, 1.165) is 5.56 Å². The number of carbonyl (C=O) groups is 2. The highest BCUT2D eigenvalue weighted by atomic mass is 32.1. The molecule has 5 rings (SSSR count). The molecule has 2 N–H and O–H groups in total. The number of hydrogen-bond acceptors (Lipinski definition) is 8. The first-order chi connectivity index (χ1) is 17.0. The molecule has 1 saturated heterocycles. The maximum absolute atomic E-state index is 13.8. The van der Waals surface area contributed by atoms with Crippen LogP contribution in [0, 0.1) is 5.82 Å². The second-order valence-corrected chi connectivity index (χ2v) is 9.03. The summed E-state index contributed by atoms with van der Waals surface area (Å²) in [4.78, 5) is 33.3. The summed E-state index contributed by atoms with van der Waals surface area (Å²) in [6.07, 6.45) is 0. The summed E-state index contributed by atoms with van der Waals surface area (Å²) >= 11 is 1.25. The lowest BCUT2D eigenvalue weighted by Crippen LogP contribution is -2.51. The number of piperazine rings is 1. The first-order valence-electron chi connectivity index (χ1n) is 11.2. The summed E-state index contributed by atoms with van der Waals surface area (Å²) in [5.74, 6) is 0.766. The van der Waals surface area contributed by atoms with Crippen LogP contribution < -0.4 is 20.1 Å². The van der Waals surface area contributed by atoms with E-state index in [1.54, 1.807) is 28.5 Å². The smallest absolute Gasteiger partial charge is 0.273 e. The summed E-state index contributed by atoms with van der Waals surface area (Å²) in [6.45, 7) is 3.07. The second-order valence-electron chi connectivity index (χ2n) is 8.18. The number of hydrogen-bond donors (Lipinski definition) is 2. The number of thiazole rings is 1. The van der Waals surface area contributed by atoms with Crippen molar-refractivity contribution in [3.63, 3.8) is 0 Å². The number of anilines is 2. The van der Waals surface area contributed by atoms with Crippen LogP contribution in [-0.2, 0) is 11.3 Å². The fourth-order valence-corrected chi connectivity index (χ4v) is 4.59. The fourth-order valence-electron chi connectivity index (χ4n) is 3.89. The highest BCUT2D eigenvalue weighted by Gasteiger charge is 2.25. The van der Waals surface area contributed by atoms with E-state index in [1.807, 2.05) is 23.1 Å². The van der Waals surface area contributed by atoms with Crippen LogP contribution in [0.2, 0.25) is 0 Å². The molecule has 1 fully saturated rings. The van der Waals surface area contributed by atoms with Gasteiger partial charge >= 0.3 is 0 Å². The number of amides is 2. The average molecular weight is 498 g/mol. The number of ether oxygens (including phenoxy) is 2. The van der Waals surface area contributed by atoms with Crippen LogP contribution in [0.4, 0.5) is 15.2 Å². The SMILES string of the molecule is O=C(CN1CCN(C(=O)c2csc(Nc3ccccc3F)n2)CC1)NCc1ccc2c(c1)OCO2. The Labute approximate surface area is 205 Å². The lowest BCUT2D eigenvalue weighted by atomic mass is 10.2. The van der Waals surface area contributed by atoms with Gasteiger partial charge in [0.1, 0.15) is 11.5 Å². The van der Waals surface area contributed by atoms with Crippen LogP contribution in [0.15, 0.2) is 47.8 Å². The van der Waals surface area contributed by atoms with Crippen molar-refractivity contribution in [2.75, 3.05) is 44.8 Å². The van der Waals surface area contributed by atoms with E-state index in [1.165, 1.54) is 17.4 Å². The minimum atomic E-state index is -0.383. The minimum absolute atomic E-state index is 0.0780. The van der Waals surface area contributed by atoms with Gasteiger partial charge in [-0.2, -0.15) is 0 Å². The highest BCUT2D eigenvalue weighted by molar-refractivity contribution is 7.14. The Morgan fingerprint density at radius 3 is 2.69 bits per heavy atom. The monoisotopic (exact) mass is 497 g/mol. The van der Waals surface area contributed by atoms with E-state index < -0.39 is 0 Å². The molecule has 2 aliphatic heterocycles. The molecule has 1 aromatic heterocycles. The van der Waals surface area contributed by atoms with E-state index in [-0.39, 0.29) is 31.0 Å². The van der Waals surface area contributed by atoms with Gasteiger partial charge in [0.15, 0.2) is 16.6 Å². The third kappa shape index (κ3) is 5.52. The van der Waals surface area contributed by atoms with Crippen molar-refractivity contribution in [1.29, 1.82) is 0 Å². The molecule has 0 unspecified atom stereocenters. The summed E-state index contributed by atoms with van der Waals surface area (Å²) in [5.41, 5.74) is 1.57. The molecule has 2 amide bonds. The molecule has 0 spiro atoms. The van der Waals surface area contributed by atoms with Gasteiger partial charge in [-0.05, 0) is 29.8 Å². The van der Waals surface area contributed by atoms with Gasteiger partial charge in [-0.25, -0.2) is 9.37 Å². The maximum Gasteiger partial charge on any atom is 0.273 e. The number of nitrogens with zero attached hydrogens (tertiary/aromatic N) is 3. The number of carbonyl (C=O) groups excluding carboxylic acids is 2. The molecule has 0 radical (unpaired) electrons. The molecule has 3 aromatic rings. The Morgan fingerprint density at radius 2 is 1.86 bits per heavy atom. The Kier molecular flexibility index (Phi) is 6.77. The predicted molar refractivity (Wildman–Crippen MR) is 129 cm³/mol. The molecule has 3 heterocycles. The lowest BCUT2D eigenvalue weighted by molar-refractivity contribution is -0.122. The van der Waals surface area contributed by atoms with E-state index in [9.17, 15) is 14.0 Å². The second kappa shape index (κ2) is 10.3. The molecule has 2 aliphatic rings. The largest absolute Gasteiger partial charge is 0.454 e. The van der Waals surface area contributed by atoms with E-state index in [4.69, 9.17) is 9.47 Å². The summed E-state index contributed by atoms with van der Waals surface area (Å²) in [6, 6.07) is 11.9. The van der Waals surface area contributed by atoms with Crippen LogP contribution in [-0.4, -0.2) is 66.1 Å². The zero-order chi connectivity index (χ0) is 24.2. The third-order valence-electron chi connectivity index (χ3n) is 5.79. The van der Waals surface area contributed by atoms with Crippen LogP contribution >= 0.6 is 11.3 Å². The molecule has 182 valence electrons. The summed E-state index contributed by atoms with van der Waals surface area (Å²) in [5, 5.41) is 7.96. The minimum Gasteiger partial charge on any atom is -0.454 e.